The number of nitrogens with two attached hydrogens (primary N) is 1. The molecule has 0 radical (unpaired) electrons. The van der Waals surface area contributed by atoms with E-state index in [4.69, 9.17) is 5.73 Å². The second kappa shape index (κ2) is 5.85. The molecule has 1 aromatic heterocycles. The van der Waals surface area contributed by atoms with Crippen molar-refractivity contribution in [3.8, 4) is 0 Å². The Morgan fingerprint density at radius 2 is 2.17 bits per heavy atom. The summed E-state index contributed by atoms with van der Waals surface area (Å²) in [7, 11) is 1.97. The fourth-order valence-electron chi connectivity index (χ4n) is 3.21. The zero-order valence-corrected chi connectivity index (χ0v) is 11.7. The molecule has 1 aliphatic rings. The first-order chi connectivity index (χ1) is 8.70. The predicted molar refractivity (Wildman–Crippen MR) is 74.2 cm³/mol. The van der Waals surface area contributed by atoms with E-state index in [0.29, 0.717) is 0 Å². The maximum atomic E-state index is 6.10. The molecule has 0 spiro atoms. The summed E-state index contributed by atoms with van der Waals surface area (Å²) in [4.78, 5) is 2.59. The Bertz CT molecular complexity index is 366. The Morgan fingerprint density at radius 1 is 1.44 bits per heavy atom. The summed E-state index contributed by atoms with van der Waals surface area (Å²) in [6, 6.07) is 0. The van der Waals surface area contributed by atoms with Gasteiger partial charge in [0.2, 0.25) is 0 Å². The highest BCUT2D eigenvalue weighted by atomic mass is 15.3. The molecule has 0 saturated heterocycles. The van der Waals surface area contributed by atoms with Crippen LogP contribution in [0.3, 0.4) is 0 Å². The third-order valence-corrected chi connectivity index (χ3v) is 4.21. The van der Waals surface area contributed by atoms with Crippen molar-refractivity contribution in [2.75, 3.05) is 13.1 Å². The minimum atomic E-state index is 0.242. The van der Waals surface area contributed by atoms with Gasteiger partial charge in [-0.15, -0.1) is 0 Å². The Balaban J connectivity index is 2.11. The van der Waals surface area contributed by atoms with E-state index in [0.717, 1.165) is 19.6 Å². The van der Waals surface area contributed by atoms with E-state index in [9.17, 15) is 0 Å². The first kappa shape index (κ1) is 13.6. The summed E-state index contributed by atoms with van der Waals surface area (Å²) in [6.45, 7) is 5.15. The second-order valence-electron chi connectivity index (χ2n) is 5.58. The lowest BCUT2D eigenvalue weighted by Gasteiger charge is -2.40. The van der Waals surface area contributed by atoms with E-state index < -0.39 is 0 Å². The predicted octanol–water partition coefficient (Wildman–Crippen LogP) is 1.90. The van der Waals surface area contributed by atoms with E-state index in [1.165, 1.54) is 37.7 Å². The van der Waals surface area contributed by atoms with Gasteiger partial charge in [0, 0.05) is 37.4 Å². The van der Waals surface area contributed by atoms with Gasteiger partial charge in [-0.05, 0) is 25.8 Å². The zero-order valence-electron chi connectivity index (χ0n) is 11.7. The molecule has 0 atom stereocenters. The molecule has 0 unspecified atom stereocenters. The number of rotatable bonds is 6. The van der Waals surface area contributed by atoms with Crippen molar-refractivity contribution < 1.29 is 0 Å². The maximum Gasteiger partial charge on any atom is 0.0534 e. The summed E-state index contributed by atoms with van der Waals surface area (Å²) >= 11 is 0. The normalized spacial score (nSPS) is 18.7. The van der Waals surface area contributed by atoms with Crippen LogP contribution >= 0.6 is 0 Å². The summed E-state index contributed by atoms with van der Waals surface area (Å²) in [5.74, 6) is 0. The van der Waals surface area contributed by atoms with Crippen LogP contribution in [-0.4, -0.2) is 33.3 Å². The highest BCUT2D eigenvalue weighted by molar-refractivity contribution is 5.06. The van der Waals surface area contributed by atoms with Crippen molar-refractivity contribution in [2.45, 2.75) is 51.1 Å². The van der Waals surface area contributed by atoms with Crippen LogP contribution in [0.2, 0.25) is 0 Å². The topological polar surface area (TPSA) is 47.1 Å². The van der Waals surface area contributed by atoms with E-state index >= 15 is 0 Å². The lowest BCUT2D eigenvalue weighted by atomic mass is 9.94. The lowest BCUT2D eigenvalue weighted by Crippen LogP contribution is -2.51. The first-order valence-electron chi connectivity index (χ1n) is 7.13. The van der Waals surface area contributed by atoms with Gasteiger partial charge in [-0.25, -0.2) is 0 Å². The van der Waals surface area contributed by atoms with E-state index in [1.54, 1.807) is 0 Å². The number of hydrogen-bond donors (Lipinski definition) is 1. The Hall–Kier alpha value is -0.870. The Labute approximate surface area is 110 Å². The number of hydrogen-bond acceptors (Lipinski definition) is 3. The summed E-state index contributed by atoms with van der Waals surface area (Å²) in [5.41, 5.74) is 7.64. The van der Waals surface area contributed by atoms with Gasteiger partial charge in [-0.1, -0.05) is 19.8 Å². The van der Waals surface area contributed by atoms with Crippen molar-refractivity contribution in [1.29, 1.82) is 0 Å². The van der Waals surface area contributed by atoms with E-state index in [-0.39, 0.29) is 5.54 Å². The van der Waals surface area contributed by atoms with Crippen molar-refractivity contribution in [1.82, 2.24) is 14.7 Å². The van der Waals surface area contributed by atoms with Crippen LogP contribution in [0.4, 0.5) is 0 Å². The smallest absolute Gasteiger partial charge is 0.0534 e. The molecule has 0 aromatic carbocycles. The fraction of sp³-hybridized carbons (Fsp3) is 0.786. The number of nitrogens with zero attached hydrogens (tertiary/aromatic N) is 3. The zero-order chi connectivity index (χ0) is 13.0. The quantitative estimate of drug-likeness (QED) is 0.839. The minimum Gasteiger partial charge on any atom is -0.329 e. The van der Waals surface area contributed by atoms with Gasteiger partial charge < -0.3 is 5.73 Å². The standard InChI is InChI=1S/C14H26N4/c1-3-8-18(11-13-9-16-17(2)10-13)14(12-15)6-4-5-7-14/h9-10H,3-8,11-12,15H2,1-2H3. The molecular weight excluding hydrogens is 224 g/mol. The van der Waals surface area contributed by atoms with Crippen molar-refractivity contribution in [2.24, 2.45) is 12.8 Å². The fourth-order valence-corrected chi connectivity index (χ4v) is 3.21. The first-order valence-corrected chi connectivity index (χ1v) is 7.13. The lowest BCUT2D eigenvalue weighted by molar-refractivity contribution is 0.0903. The van der Waals surface area contributed by atoms with Gasteiger partial charge >= 0.3 is 0 Å². The molecule has 4 nitrogen and oxygen atoms in total. The number of aryl methyl sites for hydroxylation is 1. The molecular formula is C14H26N4. The van der Waals surface area contributed by atoms with Gasteiger partial charge in [0.1, 0.15) is 0 Å². The average Bonchev–Trinajstić information content (AvgIpc) is 2.98. The van der Waals surface area contributed by atoms with Crippen LogP contribution in [0, 0.1) is 0 Å². The van der Waals surface area contributed by atoms with Gasteiger partial charge in [0.05, 0.1) is 6.20 Å². The maximum absolute atomic E-state index is 6.10. The van der Waals surface area contributed by atoms with Crippen LogP contribution in [0.5, 0.6) is 0 Å². The molecule has 1 aliphatic carbocycles. The van der Waals surface area contributed by atoms with Gasteiger partial charge in [-0.2, -0.15) is 5.10 Å². The molecule has 0 bridgehead atoms. The van der Waals surface area contributed by atoms with Crippen LogP contribution in [-0.2, 0) is 13.6 Å². The highest BCUT2D eigenvalue weighted by Gasteiger charge is 2.37. The van der Waals surface area contributed by atoms with Crippen LogP contribution in [0.1, 0.15) is 44.6 Å². The van der Waals surface area contributed by atoms with Crippen LogP contribution in [0.15, 0.2) is 12.4 Å². The van der Waals surface area contributed by atoms with Gasteiger partial charge in [0.15, 0.2) is 0 Å². The molecule has 102 valence electrons. The SMILES string of the molecule is CCCN(Cc1cnn(C)c1)C1(CN)CCCC1. The average molecular weight is 250 g/mol. The molecule has 2 rings (SSSR count). The molecule has 1 heterocycles. The minimum absolute atomic E-state index is 0.242. The molecule has 18 heavy (non-hydrogen) atoms. The third kappa shape index (κ3) is 2.75. The number of aromatic nitrogens is 2. The highest BCUT2D eigenvalue weighted by Crippen LogP contribution is 2.35. The van der Waals surface area contributed by atoms with Crippen molar-refractivity contribution in [3.63, 3.8) is 0 Å². The van der Waals surface area contributed by atoms with E-state index in [2.05, 4.69) is 23.1 Å². The largest absolute Gasteiger partial charge is 0.329 e. The monoisotopic (exact) mass is 250 g/mol. The van der Waals surface area contributed by atoms with Crippen LogP contribution in [0.25, 0.3) is 0 Å². The summed E-state index contributed by atoms with van der Waals surface area (Å²) in [6.07, 6.45) is 10.4. The molecule has 0 amide bonds. The second-order valence-corrected chi connectivity index (χ2v) is 5.58. The molecule has 0 aliphatic heterocycles. The third-order valence-electron chi connectivity index (χ3n) is 4.21. The molecule has 1 saturated carbocycles. The van der Waals surface area contributed by atoms with Gasteiger partial charge in [0.25, 0.3) is 0 Å². The van der Waals surface area contributed by atoms with E-state index in [1.807, 2.05) is 17.9 Å². The molecule has 1 aromatic rings. The molecule has 4 heteroatoms. The Kier molecular flexibility index (Phi) is 4.40. The Morgan fingerprint density at radius 3 is 2.67 bits per heavy atom. The molecule has 2 N–H and O–H groups in total. The van der Waals surface area contributed by atoms with Gasteiger partial charge in [-0.3, -0.25) is 9.58 Å². The van der Waals surface area contributed by atoms with Crippen molar-refractivity contribution >= 4 is 0 Å². The van der Waals surface area contributed by atoms with Crippen molar-refractivity contribution in [3.05, 3.63) is 18.0 Å². The van der Waals surface area contributed by atoms with Crippen LogP contribution < -0.4 is 5.73 Å². The molecule has 1 fully saturated rings. The summed E-state index contributed by atoms with van der Waals surface area (Å²) < 4.78 is 1.88. The summed E-state index contributed by atoms with van der Waals surface area (Å²) in [5, 5.41) is 4.26.